The molecule has 2 rings (SSSR count). The lowest BCUT2D eigenvalue weighted by atomic mass is 9.82. The molecule has 0 aliphatic carbocycles. The molecule has 0 aromatic rings. The Morgan fingerprint density at radius 1 is 1.42 bits per heavy atom. The fourth-order valence-electron chi connectivity index (χ4n) is 2.99. The Hall–Kier alpha value is -1.13. The number of piperidine rings is 2. The van der Waals surface area contributed by atoms with Gasteiger partial charge < -0.3 is 4.74 Å². The number of carbonyl (C=O) groups is 1. The molecule has 0 saturated carbocycles. The second-order valence-electron chi connectivity index (χ2n) is 6.36. The summed E-state index contributed by atoms with van der Waals surface area (Å²) in [5.74, 6) is 0. The molecule has 2 aliphatic rings. The quantitative estimate of drug-likeness (QED) is 0.679. The Kier molecular flexibility index (Phi) is 3.83. The minimum Gasteiger partial charge on any atom is -0.444 e. The zero-order chi connectivity index (χ0) is 14.2. The second-order valence-corrected chi connectivity index (χ2v) is 6.36. The van der Waals surface area contributed by atoms with Crippen molar-refractivity contribution in [1.29, 1.82) is 0 Å². The highest BCUT2D eigenvalue weighted by molar-refractivity contribution is 5.92. The molecule has 19 heavy (non-hydrogen) atoms. The number of aliphatic imine (C=N–C) groups is 1. The van der Waals surface area contributed by atoms with E-state index in [4.69, 9.17) is 4.74 Å². The van der Waals surface area contributed by atoms with Gasteiger partial charge in [0.2, 0.25) is 0 Å². The Balaban J connectivity index is 2.19. The number of rotatable bonds is 0. The maximum Gasteiger partial charge on any atom is 0.410 e. The molecule has 0 aromatic heterocycles. The van der Waals surface area contributed by atoms with E-state index in [0.29, 0.717) is 18.6 Å². The third kappa shape index (κ3) is 2.90. The summed E-state index contributed by atoms with van der Waals surface area (Å²) < 4.78 is 19.8. The van der Waals surface area contributed by atoms with Crippen LogP contribution in [0.2, 0.25) is 0 Å². The van der Waals surface area contributed by atoms with Crippen molar-refractivity contribution in [2.45, 2.75) is 70.3 Å². The summed E-state index contributed by atoms with van der Waals surface area (Å²) in [6, 6.07) is -0.361. The highest BCUT2D eigenvalue weighted by Crippen LogP contribution is 2.35. The Morgan fingerprint density at radius 3 is 2.68 bits per heavy atom. The lowest BCUT2D eigenvalue weighted by Gasteiger charge is -2.47. The first-order valence-corrected chi connectivity index (χ1v) is 6.94. The van der Waals surface area contributed by atoms with E-state index in [-0.39, 0.29) is 12.1 Å². The Labute approximate surface area is 114 Å². The molecule has 2 bridgehead atoms. The number of amides is 1. The van der Waals surface area contributed by atoms with Crippen LogP contribution in [-0.2, 0) is 4.74 Å². The number of hydrogen-bond acceptors (Lipinski definition) is 3. The molecular formula is C14H23FN2O2. The predicted molar refractivity (Wildman–Crippen MR) is 72.4 cm³/mol. The van der Waals surface area contributed by atoms with Crippen molar-refractivity contribution in [2.24, 2.45) is 4.99 Å². The third-order valence-corrected chi connectivity index (χ3v) is 3.78. The van der Waals surface area contributed by atoms with Gasteiger partial charge in [-0.15, -0.1) is 0 Å². The second kappa shape index (κ2) is 5.10. The zero-order valence-corrected chi connectivity index (χ0v) is 12.1. The number of fused-ring (bicyclic) bond motifs is 2. The normalized spacial score (nSPS) is 33.4. The van der Waals surface area contributed by atoms with Gasteiger partial charge in [0.25, 0.3) is 0 Å². The van der Waals surface area contributed by atoms with Gasteiger partial charge in [-0.1, -0.05) is 0 Å². The summed E-state index contributed by atoms with van der Waals surface area (Å²) in [7, 11) is 1.63. The van der Waals surface area contributed by atoms with E-state index >= 15 is 0 Å². The van der Waals surface area contributed by atoms with Gasteiger partial charge in [-0.25, -0.2) is 9.18 Å². The predicted octanol–water partition coefficient (Wildman–Crippen LogP) is 2.96. The average molecular weight is 270 g/mol. The first-order valence-electron chi connectivity index (χ1n) is 6.94. The van der Waals surface area contributed by atoms with E-state index < -0.39 is 17.8 Å². The molecule has 3 atom stereocenters. The summed E-state index contributed by atoms with van der Waals surface area (Å²) in [5, 5.41) is 0. The van der Waals surface area contributed by atoms with Crippen LogP contribution in [0, 0.1) is 0 Å². The van der Waals surface area contributed by atoms with Crippen LogP contribution in [0.1, 0.15) is 46.5 Å². The molecule has 0 spiro atoms. The molecule has 0 aromatic carbocycles. The van der Waals surface area contributed by atoms with Crippen molar-refractivity contribution in [1.82, 2.24) is 4.90 Å². The molecule has 0 N–H and O–H groups in total. The van der Waals surface area contributed by atoms with Crippen molar-refractivity contribution in [3.05, 3.63) is 0 Å². The van der Waals surface area contributed by atoms with Crippen molar-refractivity contribution < 1.29 is 13.9 Å². The third-order valence-electron chi connectivity index (χ3n) is 3.78. The Bertz CT molecular complexity index is 389. The number of halogens is 1. The van der Waals surface area contributed by atoms with E-state index in [1.54, 1.807) is 11.9 Å². The molecule has 2 aliphatic heterocycles. The van der Waals surface area contributed by atoms with E-state index in [1.165, 1.54) is 0 Å². The molecule has 2 heterocycles. The number of ether oxygens (including phenoxy) is 1. The minimum absolute atomic E-state index is 0.0410. The SMILES string of the molecule is CN=C1C[C@H]2CCCC([C@H]1F)N2C(=O)OC(C)(C)C. The van der Waals surface area contributed by atoms with Gasteiger partial charge in [-0.3, -0.25) is 9.89 Å². The largest absolute Gasteiger partial charge is 0.444 e. The summed E-state index contributed by atoms with van der Waals surface area (Å²) in [6.45, 7) is 5.49. The number of nitrogens with zero attached hydrogens (tertiary/aromatic N) is 2. The fraction of sp³-hybridized carbons (Fsp3) is 0.857. The van der Waals surface area contributed by atoms with Crippen LogP contribution < -0.4 is 0 Å². The molecule has 108 valence electrons. The van der Waals surface area contributed by atoms with E-state index in [9.17, 15) is 9.18 Å². The highest BCUT2D eigenvalue weighted by atomic mass is 19.1. The molecule has 1 unspecified atom stereocenters. The van der Waals surface area contributed by atoms with Gasteiger partial charge in [0.1, 0.15) is 5.60 Å². The standard InChI is InChI=1S/C14H23FN2O2/c1-14(2,3)19-13(18)17-9-6-5-7-11(17)12(15)10(8-9)16-4/h9,11-12H,5-8H2,1-4H3/t9-,11?,12+/m1/s1. The molecule has 4 nitrogen and oxygen atoms in total. The van der Waals surface area contributed by atoms with Crippen molar-refractivity contribution in [3.63, 3.8) is 0 Å². The summed E-state index contributed by atoms with van der Waals surface area (Å²) >= 11 is 0. The summed E-state index contributed by atoms with van der Waals surface area (Å²) in [6.07, 6.45) is 1.56. The van der Waals surface area contributed by atoms with E-state index in [1.807, 2.05) is 20.8 Å². The van der Waals surface area contributed by atoms with Crippen LogP contribution in [0.4, 0.5) is 9.18 Å². The lowest BCUT2D eigenvalue weighted by Crippen LogP contribution is -2.61. The topological polar surface area (TPSA) is 41.9 Å². The van der Waals surface area contributed by atoms with Crippen LogP contribution in [-0.4, -0.2) is 47.6 Å². The Morgan fingerprint density at radius 2 is 2.11 bits per heavy atom. The molecule has 2 fully saturated rings. The summed E-state index contributed by atoms with van der Waals surface area (Å²) in [4.78, 5) is 17.9. The lowest BCUT2D eigenvalue weighted by molar-refractivity contribution is -0.0188. The van der Waals surface area contributed by atoms with Crippen LogP contribution in [0.5, 0.6) is 0 Å². The van der Waals surface area contributed by atoms with Gasteiger partial charge in [-0.2, -0.15) is 0 Å². The zero-order valence-electron chi connectivity index (χ0n) is 12.1. The molecule has 1 amide bonds. The molecule has 0 radical (unpaired) electrons. The van der Waals surface area contributed by atoms with Crippen molar-refractivity contribution in [3.8, 4) is 0 Å². The van der Waals surface area contributed by atoms with Crippen molar-refractivity contribution >= 4 is 11.8 Å². The van der Waals surface area contributed by atoms with Crippen LogP contribution in [0.25, 0.3) is 0 Å². The average Bonchev–Trinajstić information content (AvgIpc) is 2.31. The van der Waals surface area contributed by atoms with Gasteiger partial charge in [0.15, 0.2) is 6.17 Å². The number of carbonyl (C=O) groups excluding carboxylic acids is 1. The smallest absolute Gasteiger partial charge is 0.410 e. The van der Waals surface area contributed by atoms with Gasteiger partial charge in [-0.05, 0) is 40.0 Å². The van der Waals surface area contributed by atoms with Crippen LogP contribution >= 0.6 is 0 Å². The summed E-state index contributed by atoms with van der Waals surface area (Å²) in [5.41, 5.74) is 0.0468. The first-order chi connectivity index (χ1) is 8.83. The van der Waals surface area contributed by atoms with E-state index in [2.05, 4.69) is 4.99 Å². The number of alkyl halides is 1. The fourth-order valence-corrected chi connectivity index (χ4v) is 2.99. The van der Waals surface area contributed by atoms with E-state index in [0.717, 1.165) is 12.8 Å². The van der Waals surface area contributed by atoms with Crippen LogP contribution in [0.15, 0.2) is 4.99 Å². The maximum absolute atomic E-state index is 14.4. The first kappa shape index (κ1) is 14.3. The molecular weight excluding hydrogens is 247 g/mol. The van der Waals surface area contributed by atoms with Gasteiger partial charge in [0, 0.05) is 19.5 Å². The van der Waals surface area contributed by atoms with Crippen molar-refractivity contribution in [2.75, 3.05) is 7.05 Å². The maximum atomic E-state index is 14.4. The van der Waals surface area contributed by atoms with Crippen LogP contribution in [0.3, 0.4) is 0 Å². The highest BCUT2D eigenvalue weighted by Gasteiger charge is 2.46. The minimum atomic E-state index is -1.14. The number of hydrogen-bond donors (Lipinski definition) is 0. The van der Waals surface area contributed by atoms with Gasteiger partial charge >= 0.3 is 6.09 Å². The molecule has 2 saturated heterocycles. The monoisotopic (exact) mass is 270 g/mol. The molecule has 5 heteroatoms. The van der Waals surface area contributed by atoms with Gasteiger partial charge in [0.05, 0.1) is 11.8 Å².